The number of anilines is 1. The summed E-state index contributed by atoms with van der Waals surface area (Å²) in [5, 5.41) is 12.3. The van der Waals surface area contributed by atoms with Gasteiger partial charge in [-0.25, -0.2) is 4.98 Å². The van der Waals surface area contributed by atoms with Crippen molar-refractivity contribution in [3.05, 3.63) is 95.9 Å². The molecule has 0 bridgehead atoms. The molecule has 0 aliphatic heterocycles. The van der Waals surface area contributed by atoms with Crippen LogP contribution in [0.2, 0.25) is 0 Å². The molecule has 1 unspecified atom stereocenters. The van der Waals surface area contributed by atoms with Crippen molar-refractivity contribution in [1.82, 2.24) is 4.98 Å². The van der Waals surface area contributed by atoms with E-state index in [4.69, 9.17) is 9.15 Å². The maximum absolute atomic E-state index is 12.5. The third kappa shape index (κ3) is 5.00. The molecule has 1 N–H and O–H groups in total. The lowest BCUT2D eigenvalue weighted by molar-refractivity contribution is 0.0996. The van der Waals surface area contributed by atoms with E-state index in [9.17, 15) is 14.3 Å². The number of rotatable bonds is 7. The molecular weight excluding hydrogens is 438 g/mol. The quantitative estimate of drug-likeness (QED) is 0.428. The van der Waals surface area contributed by atoms with Gasteiger partial charge in [-0.2, -0.15) is 5.26 Å². The van der Waals surface area contributed by atoms with Gasteiger partial charge in [-0.3, -0.25) is 9.00 Å². The number of hydrogen-bond donors (Lipinski definition) is 1. The zero-order chi connectivity index (χ0) is 23.2. The topological polar surface area (TPSA) is 105 Å². The largest absolute Gasteiger partial charge is 0.488 e. The van der Waals surface area contributed by atoms with Crippen molar-refractivity contribution in [3.63, 3.8) is 0 Å². The van der Waals surface area contributed by atoms with E-state index in [0.717, 1.165) is 5.56 Å². The molecular formula is C25H19N3O4S. The fraction of sp³-hybridized carbons (Fsp3) is 0.0800. The number of para-hydroxylation sites is 1. The molecule has 0 saturated carbocycles. The number of carbonyl (C=O) groups is 1. The van der Waals surface area contributed by atoms with Gasteiger partial charge in [0, 0.05) is 11.8 Å². The average Bonchev–Trinajstić information content (AvgIpc) is 3.38. The summed E-state index contributed by atoms with van der Waals surface area (Å²) < 4.78 is 23.6. The molecule has 33 heavy (non-hydrogen) atoms. The lowest BCUT2D eigenvalue weighted by Gasteiger charge is -2.14. The lowest BCUT2D eigenvalue weighted by Crippen LogP contribution is -2.15. The highest BCUT2D eigenvalue weighted by atomic mass is 32.2. The Kier molecular flexibility index (Phi) is 6.62. The van der Waals surface area contributed by atoms with Gasteiger partial charge in [-0.15, -0.1) is 0 Å². The minimum atomic E-state index is -1.50. The molecule has 0 radical (unpaired) electrons. The maximum Gasteiger partial charge on any atom is 0.292 e. The van der Waals surface area contributed by atoms with Crippen LogP contribution in [0.1, 0.15) is 21.7 Å². The van der Waals surface area contributed by atoms with Gasteiger partial charge in [0.1, 0.15) is 24.0 Å². The molecule has 0 aliphatic carbocycles. The first-order chi connectivity index (χ1) is 16.1. The molecule has 4 aromatic rings. The third-order valence-electron chi connectivity index (χ3n) is 4.78. The van der Waals surface area contributed by atoms with Gasteiger partial charge < -0.3 is 14.5 Å². The molecule has 0 fully saturated rings. The summed E-state index contributed by atoms with van der Waals surface area (Å²) >= 11 is 0. The van der Waals surface area contributed by atoms with E-state index < -0.39 is 16.7 Å². The molecule has 2 aromatic carbocycles. The predicted molar refractivity (Wildman–Crippen MR) is 124 cm³/mol. The van der Waals surface area contributed by atoms with Gasteiger partial charge in [0.25, 0.3) is 5.91 Å². The van der Waals surface area contributed by atoms with Crippen molar-refractivity contribution in [2.75, 3.05) is 11.6 Å². The highest BCUT2D eigenvalue weighted by Gasteiger charge is 2.20. The average molecular weight is 458 g/mol. The third-order valence-corrected chi connectivity index (χ3v) is 5.72. The first kappa shape index (κ1) is 22.0. The normalized spacial score (nSPS) is 11.4. The summed E-state index contributed by atoms with van der Waals surface area (Å²) in [6, 6.07) is 23.7. The summed E-state index contributed by atoms with van der Waals surface area (Å²) in [6.07, 6.45) is 2.84. The van der Waals surface area contributed by atoms with Gasteiger partial charge >= 0.3 is 0 Å². The van der Waals surface area contributed by atoms with E-state index in [2.05, 4.69) is 10.3 Å². The molecule has 1 atom stereocenters. The number of pyridine rings is 1. The Morgan fingerprint density at radius 3 is 2.58 bits per heavy atom. The van der Waals surface area contributed by atoms with Crippen LogP contribution >= 0.6 is 0 Å². The molecule has 1 amide bonds. The Morgan fingerprint density at radius 2 is 1.88 bits per heavy atom. The fourth-order valence-electron chi connectivity index (χ4n) is 3.20. The van der Waals surface area contributed by atoms with Crippen molar-refractivity contribution >= 4 is 22.5 Å². The summed E-state index contributed by atoms with van der Waals surface area (Å²) in [4.78, 5) is 17.3. The molecule has 164 valence electrons. The number of furan rings is 1. The number of amides is 1. The Hall–Kier alpha value is -4.22. The van der Waals surface area contributed by atoms with Crippen LogP contribution in [-0.4, -0.2) is 21.4 Å². The molecule has 2 heterocycles. The molecule has 8 heteroatoms. The van der Waals surface area contributed by atoms with Gasteiger partial charge in [-0.1, -0.05) is 42.5 Å². The number of aromatic nitrogens is 1. The van der Waals surface area contributed by atoms with Gasteiger partial charge in [0.15, 0.2) is 11.6 Å². The van der Waals surface area contributed by atoms with Crippen LogP contribution in [0.4, 0.5) is 5.82 Å². The predicted octanol–water partition coefficient (Wildman–Crippen LogP) is 4.78. The maximum atomic E-state index is 12.5. The minimum Gasteiger partial charge on any atom is -0.488 e. The van der Waals surface area contributed by atoms with Crippen LogP contribution in [0, 0.1) is 11.3 Å². The van der Waals surface area contributed by atoms with E-state index in [0.29, 0.717) is 23.6 Å². The Morgan fingerprint density at radius 1 is 1.12 bits per heavy atom. The Balaban J connectivity index is 1.75. The van der Waals surface area contributed by atoms with Crippen LogP contribution in [0.15, 0.2) is 88.4 Å². The second kappa shape index (κ2) is 9.94. The zero-order valence-corrected chi connectivity index (χ0v) is 18.5. The molecule has 0 spiro atoms. The SMILES string of the molecule is CS(=O)c1cc(-c2ccccc2OCc2ccccc2)nc(NC(=O)c2ccco2)c1C#N. The summed E-state index contributed by atoms with van der Waals surface area (Å²) in [7, 11) is -1.50. The van der Waals surface area contributed by atoms with Crippen LogP contribution in [0.3, 0.4) is 0 Å². The van der Waals surface area contributed by atoms with Crippen molar-refractivity contribution in [3.8, 4) is 23.1 Å². The smallest absolute Gasteiger partial charge is 0.292 e. The Bertz CT molecular complexity index is 1350. The van der Waals surface area contributed by atoms with Crippen molar-refractivity contribution < 1.29 is 18.2 Å². The standard InChI is InChI=1S/C25H19N3O4S/c1-33(30)23-14-20(27-24(19(23)15-26)28-25(29)22-12-7-13-31-22)18-10-5-6-11-21(18)32-16-17-8-3-2-4-9-17/h2-14H,16H2,1H3,(H,27,28,29). The molecule has 0 aliphatic rings. The first-order valence-electron chi connectivity index (χ1n) is 9.96. The minimum absolute atomic E-state index is 0.000498. The number of nitrogens with zero attached hydrogens (tertiary/aromatic N) is 2. The Labute approximate surface area is 193 Å². The highest BCUT2D eigenvalue weighted by molar-refractivity contribution is 7.84. The van der Waals surface area contributed by atoms with E-state index >= 15 is 0 Å². The number of ether oxygens (including phenoxy) is 1. The van der Waals surface area contributed by atoms with Gasteiger partial charge in [-0.05, 0) is 35.9 Å². The second-order valence-corrected chi connectivity index (χ2v) is 8.35. The summed E-state index contributed by atoms with van der Waals surface area (Å²) in [6.45, 7) is 0.350. The van der Waals surface area contributed by atoms with Crippen LogP contribution in [0.5, 0.6) is 5.75 Å². The van der Waals surface area contributed by atoms with E-state index in [1.807, 2.05) is 60.7 Å². The number of nitrogens with one attached hydrogen (secondary N) is 1. The van der Waals surface area contributed by atoms with Gasteiger partial charge in [0.2, 0.25) is 0 Å². The summed E-state index contributed by atoms with van der Waals surface area (Å²) in [5.41, 5.74) is 2.08. The molecule has 0 saturated heterocycles. The first-order valence-corrected chi connectivity index (χ1v) is 11.5. The lowest BCUT2D eigenvalue weighted by atomic mass is 10.1. The number of carbonyl (C=O) groups excluding carboxylic acids is 1. The van der Waals surface area contributed by atoms with Crippen molar-refractivity contribution in [1.29, 1.82) is 5.26 Å². The fourth-order valence-corrected chi connectivity index (χ4v) is 3.91. The number of benzene rings is 2. The zero-order valence-electron chi connectivity index (χ0n) is 17.6. The van der Waals surface area contributed by atoms with E-state index in [-0.39, 0.29) is 22.0 Å². The molecule has 7 nitrogen and oxygen atoms in total. The molecule has 4 rings (SSSR count). The van der Waals surface area contributed by atoms with Crippen molar-refractivity contribution in [2.45, 2.75) is 11.5 Å². The number of hydrogen-bond acceptors (Lipinski definition) is 6. The second-order valence-electron chi connectivity index (χ2n) is 7.00. The van der Waals surface area contributed by atoms with Crippen LogP contribution < -0.4 is 10.1 Å². The van der Waals surface area contributed by atoms with Crippen LogP contribution in [0.25, 0.3) is 11.3 Å². The summed E-state index contributed by atoms with van der Waals surface area (Å²) in [5.74, 6) is 0.0635. The van der Waals surface area contributed by atoms with E-state index in [1.165, 1.54) is 18.6 Å². The number of nitriles is 1. The monoisotopic (exact) mass is 457 g/mol. The molecule has 2 aromatic heterocycles. The van der Waals surface area contributed by atoms with Gasteiger partial charge in [0.05, 0.1) is 27.7 Å². The van der Waals surface area contributed by atoms with E-state index in [1.54, 1.807) is 12.1 Å². The highest BCUT2D eigenvalue weighted by Crippen LogP contribution is 2.33. The van der Waals surface area contributed by atoms with Crippen LogP contribution in [-0.2, 0) is 17.4 Å². The van der Waals surface area contributed by atoms with Crippen molar-refractivity contribution in [2.24, 2.45) is 0 Å².